The summed E-state index contributed by atoms with van der Waals surface area (Å²) in [6.07, 6.45) is 0. The molecule has 1 aliphatic rings. The maximum atomic E-state index is 12.1. The van der Waals surface area contributed by atoms with E-state index in [1.165, 1.54) is 0 Å². The molecule has 17 heavy (non-hydrogen) atoms. The predicted octanol–water partition coefficient (Wildman–Crippen LogP) is 2.32. The van der Waals surface area contributed by atoms with Gasteiger partial charge < -0.3 is 0 Å². The number of carbonyl (C=O) groups excluding carboxylic acids is 1. The third kappa shape index (κ3) is 1.16. The molecule has 84 valence electrons. The molecule has 0 amide bonds. The lowest BCUT2D eigenvalue weighted by Gasteiger charge is -2.02. The molecular weight excluding hydrogens is 236 g/mol. The largest absolute Gasteiger partial charge is 0.288 e. The summed E-state index contributed by atoms with van der Waals surface area (Å²) in [6, 6.07) is 10.4. The Morgan fingerprint density at radius 2 is 1.71 bits per heavy atom. The zero-order valence-corrected chi connectivity index (χ0v) is 9.62. The second-order valence-corrected chi connectivity index (χ2v) is 5.83. The van der Waals surface area contributed by atoms with Gasteiger partial charge in [0.1, 0.15) is 4.91 Å². The summed E-state index contributed by atoms with van der Waals surface area (Å²) in [5.74, 6) is -0.495. The van der Waals surface area contributed by atoms with E-state index in [9.17, 15) is 13.2 Å². The highest BCUT2D eigenvalue weighted by Gasteiger charge is 2.38. The van der Waals surface area contributed by atoms with Crippen LogP contribution >= 0.6 is 0 Å². The van der Waals surface area contributed by atoms with Gasteiger partial charge in [0.05, 0.1) is 4.90 Å². The van der Waals surface area contributed by atoms with E-state index in [0.29, 0.717) is 5.39 Å². The molecule has 0 atom stereocenters. The molecular formula is C13H8O3S. The Hall–Kier alpha value is -1.94. The molecule has 3 rings (SSSR count). The van der Waals surface area contributed by atoms with Gasteiger partial charge in [-0.3, -0.25) is 4.79 Å². The maximum absolute atomic E-state index is 12.1. The lowest BCUT2D eigenvalue weighted by molar-refractivity contribution is 0.104. The molecule has 1 heterocycles. The van der Waals surface area contributed by atoms with Crippen LogP contribution < -0.4 is 0 Å². The third-order valence-corrected chi connectivity index (χ3v) is 4.78. The molecule has 0 unspecified atom stereocenters. The summed E-state index contributed by atoms with van der Waals surface area (Å²) in [4.78, 5) is 11.5. The fraction of sp³-hybridized carbons (Fsp3) is 0. The summed E-state index contributed by atoms with van der Waals surface area (Å²) in [6.45, 7) is 3.37. The number of carbonyl (C=O) groups is 1. The van der Waals surface area contributed by atoms with Crippen LogP contribution in [0.1, 0.15) is 10.4 Å². The van der Waals surface area contributed by atoms with E-state index in [1.807, 2.05) is 12.1 Å². The first-order valence-electron chi connectivity index (χ1n) is 5.04. The molecule has 0 bridgehead atoms. The number of Topliss-reactive ketones (excluding diaryl/α,β-unsaturated/α-hetero) is 1. The van der Waals surface area contributed by atoms with Gasteiger partial charge in [-0.05, 0) is 11.5 Å². The normalized spacial score (nSPS) is 17.4. The number of sulfone groups is 1. The standard InChI is InChI=1S/C13H8O3S/c1-8-12(14)11-7-6-9-4-2-3-5-10(9)13(11)17(8,15)16/h2-7H,1H2. The molecule has 4 heteroatoms. The van der Waals surface area contributed by atoms with Crippen molar-refractivity contribution < 1.29 is 13.2 Å². The van der Waals surface area contributed by atoms with E-state index in [0.717, 1.165) is 5.39 Å². The second kappa shape index (κ2) is 3.05. The molecule has 0 radical (unpaired) electrons. The van der Waals surface area contributed by atoms with Crippen molar-refractivity contribution in [2.24, 2.45) is 0 Å². The Bertz CT molecular complexity index is 785. The minimum atomic E-state index is -3.70. The van der Waals surface area contributed by atoms with Crippen LogP contribution in [0.15, 0.2) is 52.8 Å². The van der Waals surface area contributed by atoms with Crippen molar-refractivity contribution in [2.75, 3.05) is 0 Å². The zero-order valence-electron chi connectivity index (χ0n) is 8.80. The van der Waals surface area contributed by atoms with E-state index in [4.69, 9.17) is 0 Å². The average Bonchev–Trinajstić information content (AvgIpc) is 2.51. The van der Waals surface area contributed by atoms with E-state index in [2.05, 4.69) is 6.58 Å². The number of ketones is 1. The van der Waals surface area contributed by atoms with E-state index < -0.39 is 15.6 Å². The topological polar surface area (TPSA) is 51.2 Å². The zero-order chi connectivity index (χ0) is 12.2. The van der Waals surface area contributed by atoms with Crippen LogP contribution in [0.4, 0.5) is 0 Å². The molecule has 0 N–H and O–H groups in total. The lowest BCUT2D eigenvalue weighted by atomic mass is 10.0. The highest BCUT2D eigenvalue weighted by molar-refractivity contribution is 7.97. The van der Waals surface area contributed by atoms with Crippen molar-refractivity contribution in [2.45, 2.75) is 4.90 Å². The van der Waals surface area contributed by atoms with Crippen molar-refractivity contribution in [3.05, 3.63) is 53.4 Å². The van der Waals surface area contributed by atoms with E-state index in [1.54, 1.807) is 24.3 Å². The minimum Gasteiger partial charge on any atom is -0.288 e. The Morgan fingerprint density at radius 1 is 1.00 bits per heavy atom. The molecule has 1 aliphatic heterocycles. The van der Waals surface area contributed by atoms with Crippen molar-refractivity contribution in [1.82, 2.24) is 0 Å². The summed E-state index contributed by atoms with van der Waals surface area (Å²) >= 11 is 0. The number of allylic oxidation sites excluding steroid dienone is 1. The third-order valence-electron chi connectivity index (χ3n) is 2.97. The fourth-order valence-electron chi connectivity index (χ4n) is 2.11. The maximum Gasteiger partial charge on any atom is 0.211 e. The second-order valence-electron chi connectivity index (χ2n) is 3.92. The predicted molar refractivity (Wildman–Crippen MR) is 64.6 cm³/mol. The van der Waals surface area contributed by atoms with Crippen LogP contribution in [0.3, 0.4) is 0 Å². The summed E-state index contributed by atoms with van der Waals surface area (Å²) in [5, 5.41) is 1.38. The van der Waals surface area contributed by atoms with Crippen molar-refractivity contribution in [3.63, 3.8) is 0 Å². The van der Waals surface area contributed by atoms with Gasteiger partial charge >= 0.3 is 0 Å². The van der Waals surface area contributed by atoms with Gasteiger partial charge in [0.15, 0.2) is 0 Å². The Balaban J connectivity index is 2.60. The van der Waals surface area contributed by atoms with Gasteiger partial charge in [-0.1, -0.05) is 36.9 Å². The molecule has 2 aromatic rings. The van der Waals surface area contributed by atoms with Gasteiger partial charge in [0.2, 0.25) is 15.6 Å². The Labute approximate surface area is 98.3 Å². The summed E-state index contributed by atoms with van der Waals surface area (Å²) in [5.41, 5.74) is 0.230. The summed E-state index contributed by atoms with van der Waals surface area (Å²) in [7, 11) is -3.70. The first kappa shape index (κ1) is 10.2. The van der Waals surface area contributed by atoms with Gasteiger partial charge in [0.25, 0.3) is 0 Å². The number of benzene rings is 2. The molecule has 0 saturated heterocycles. The minimum absolute atomic E-state index is 0.102. The molecule has 0 fully saturated rings. The van der Waals surface area contributed by atoms with E-state index in [-0.39, 0.29) is 15.4 Å². The highest BCUT2D eigenvalue weighted by Crippen LogP contribution is 2.37. The first-order chi connectivity index (χ1) is 8.03. The van der Waals surface area contributed by atoms with E-state index >= 15 is 0 Å². The Kier molecular flexibility index (Phi) is 1.83. The van der Waals surface area contributed by atoms with Crippen molar-refractivity contribution in [3.8, 4) is 0 Å². The van der Waals surface area contributed by atoms with Gasteiger partial charge in [-0.25, -0.2) is 8.42 Å². The van der Waals surface area contributed by atoms with Gasteiger partial charge in [-0.15, -0.1) is 0 Å². The van der Waals surface area contributed by atoms with Crippen LogP contribution in [0.5, 0.6) is 0 Å². The smallest absolute Gasteiger partial charge is 0.211 e. The van der Waals surface area contributed by atoms with Crippen LogP contribution in [-0.4, -0.2) is 14.2 Å². The molecule has 0 aliphatic carbocycles. The first-order valence-corrected chi connectivity index (χ1v) is 6.52. The molecule has 2 aromatic carbocycles. The van der Waals surface area contributed by atoms with Crippen LogP contribution in [0.25, 0.3) is 10.8 Å². The van der Waals surface area contributed by atoms with Crippen LogP contribution in [-0.2, 0) is 9.84 Å². The quantitative estimate of drug-likeness (QED) is 0.668. The number of hydrogen-bond donors (Lipinski definition) is 0. The summed E-state index contributed by atoms with van der Waals surface area (Å²) < 4.78 is 24.2. The molecule has 3 nitrogen and oxygen atoms in total. The van der Waals surface area contributed by atoms with Crippen molar-refractivity contribution >= 4 is 26.4 Å². The molecule has 0 saturated carbocycles. The van der Waals surface area contributed by atoms with Crippen LogP contribution in [0.2, 0.25) is 0 Å². The van der Waals surface area contributed by atoms with Gasteiger partial charge in [-0.2, -0.15) is 0 Å². The lowest BCUT2D eigenvalue weighted by Crippen LogP contribution is -1.99. The molecule has 0 aromatic heterocycles. The number of fused-ring (bicyclic) bond motifs is 3. The highest BCUT2D eigenvalue weighted by atomic mass is 32.2. The molecule has 0 spiro atoms. The monoisotopic (exact) mass is 244 g/mol. The van der Waals surface area contributed by atoms with Crippen LogP contribution in [0, 0.1) is 0 Å². The number of rotatable bonds is 0. The van der Waals surface area contributed by atoms with Crippen molar-refractivity contribution in [1.29, 1.82) is 0 Å². The SMILES string of the molecule is C=C1C(=O)c2ccc3ccccc3c2S1(=O)=O. The number of hydrogen-bond acceptors (Lipinski definition) is 3. The average molecular weight is 244 g/mol. The Morgan fingerprint density at radius 3 is 2.47 bits per heavy atom. The van der Waals surface area contributed by atoms with Gasteiger partial charge in [0, 0.05) is 10.9 Å². The fourth-order valence-corrected chi connectivity index (χ4v) is 3.63.